The molecular weight excluding hydrogens is 484 g/mol. The Kier molecular flexibility index (Phi) is 7.76. The number of carbonyl (C=O) groups is 2. The Morgan fingerprint density at radius 1 is 1.13 bits per heavy atom. The third-order valence-electron chi connectivity index (χ3n) is 6.83. The highest BCUT2D eigenvalue weighted by Crippen LogP contribution is 2.24. The van der Waals surface area contributed by atoms with Crippen LogP contribution in [0, 0.1) is 0 Å². The standard InChI is InChI=1S/C29H30N4O5/c1-37-25-5-3-2-4-23(25)29(36)32-14-18-6-8-19(9-7-18)28(35)27-26(22-12-13-30-24(22)15-31-27)33-20-10-11-21(16-34)38-17-20/h2-9,12-13,20-21,33-34H,10-11,14-17H2,1H3,(H,32,36)/t20-,21+/m1/s1. The van der Waals surface area contributed by atoms with Gasteiger partial charge in [-0.3, -0.25) is 19.6 Å². The van der Waals surface area contributed by atoms with E-state index in [2.05, 4.69) is 20.6 Å². The Bertz CT molecular complexity index is 1330. The maximum absolute atomic E-state index is 13.6. The van der Waals surface area contributed by atoms with Crippen molar-refractivity contribution < 1.29 is 24.2 Å². The number of methoxy groups -OCH3 is 1. The highest BCUT2D eigenvalue weighted by Gasteiger charge is 2.31. The third kappa shape index (κ3) is 5.44. The minimum absolute atomic E-state index is 0.000811. The average molecular weight is 515 g/mol. The number of rotatable bonds is 9. The Hall–Kier alpha value is -4.08. The first-order valence-corrected chi connectivity index (χ1v) is 12.6. The number of fused-ring (bicyclic) bond motifs is 1. The van der Waals surface area contributed by atoms with E-state index in [-0.39, 0.29) is 30.4 Å². The largest absolute Gasteiger partial charge is 0.496 e. The Labute approximate surface area is 221 Å². The Morgan fingerprint density at radius 3 is 2.68 bits per heavy atom. The number of ether oxygens (including phenoxy) is 2. The lowest BCUT2D eigenvalue weighted by Gasteiger charge is -2.31. The molecule has 3 N–H and O–H groups in total. The normalized spacial score (nSPS) is 20.4. The quantitative estimate of drug-likeness (QED) is 0.443. The van der Waals surface area contributed by atoms with Crippen molar-refractivity contribution in [3.8, 4) is 5.75 Å². The van der Waals surface area contributed by atoms with Gasteiger partial charge in [0.25, 0.3) is 5.91 Å². The zero-order chi connectivity index (χ0) is 26.5. The van der Waals surface area contributed by atoms with Gasteiger partial charge in [0.2, 0.25) is 5.78 Å². The summed E-state index contributed by atoms with van der Waals surface area (Å²) in [7, 11) is 1.53. The van der Waals surface area contributed by atoms with Crippen molar-refractivity contribution in [1.29, 1.82) is 0 Å². The molecule has 196 valence electrons. The number of dihydropyridines is 1. The SMILES string of the molecule is COc1ccccc1C(=O)NCc1ccc(C(=O)C2=NCC3=NC=CC3=C2N[C@@H]2CC[C@@H](CO)OC2)cc1. The highest BCUT2D eigenvalue weighted by atomic mass is 16.5. The summed E-state index contributed by atoms with van der Waals surface area (Å²) in [6, 6.07) is 14.2. The number of benzene rings is 2. The zero-order valence-electron chi connectivity index (χ0n) is 21.1. The zero-order valence-corrected chi connectivity index (χ0v) is 21.1. The number of aliphatic imine (C=N–C) groups is 2. The van der Waals surface area contributed by atoms with Crippen LogP contribution < -0.4 is 15.4 Å². The predicted octanol–water partition coefficient (Wildman–Crippen LogP) is 2.61. The number of hydrogen-bond donors (Lipinski definition) is 3. The molecule has 2 aromatic carbocycles. The molecule has 0 unspecified atom stereocenters. The van der Waals surface area contributed by atoms with Crippen LogP contribution in [-0.4, -0.2) is 67.2 Å². The van der Waals surface area contributed by atoms with Crippen molar-refractivity contribution >= 4 is 23.1 Å². The fraction of sp³-hybridized carbons (Fsp3) is 0.310. The van der Waals surface area contributed by atoms with Gasteiger partial charge in [-0.05, 0) is 36.6 Å². The van der Waals surface area contributed by atoms with Crippen LogP contribution in [0.25, 0.3) is 0 Å². The van der Waals surface area contributed by atoms with E-state index in [1.165, 1.54) is 7.11 Å². The molecule has 1 amide bonds. The molecule has 0 aliphatic carbocycles. The van der Waals surface area contributed by atoms with Gasteiger partial charge < -0.3 is 25.2 Å². The van der Waals surface area contributed by atoms with Crippen LogP contribution in [0.4, 0.5) is 0 Å². The lowest BCUT2D eigenvalue weighted by molar-refractivity contribution is -0.0298. The number of Topliss-reactive ketones (excluding diaryl/α,β-unsaturated/α-hetero) is 1. The molecule has 1 saturated heterocycles. The molecule has 2 atom stereocenters. The smallest absolute Gasteiger partial charge is 0.255 e. The van der Waals surface area contributed by atoms with E-state index >= 15 is 0 Å². The van der Waals surface area contributed by atoms with Crippen LogP contribution in [0.3, 0.4) is 0 Å². The molecule has 0 spiro atoms. The van der Waals surface area contributed by atoms with E-state index in [0.717, 1.165) is 29.7 Å². The Morgan fingerprint density at radius 2 is 1.95 bits per heavy atom. The van der Waals surface area contributed by atoms with Gasteiger partial charge in [-0.15, -0.1) is 0 Å². The first kappa shape index (κ1) is 25.6. The highest BCUT2D eigenvalue weighted by molar-refractivity contribution is 6.53. The molecule has 0 aromatic heterocycles. The molecule has 3 aliphatic heterocycles. The number of carbonyl (C=O) groups excluding carboxylic acids is 2. The van der Waals surface area contributed by atoms with Crippen LogP contribution in [-0.2, 0) is 11.3 Å². The number of ketones is 1. The van der Waals surface area contributed by atoms with Gasteiger partial charge in [-0.2, -0.15) is 0 Å². The minimum atomic E-state index is -0.236. The molecule has 38 heavy (non-hydrogen) atoms. The molecule has 9 heteroatoms. The molecule has 0 radical (unpaired) electrons. The molecule has 9 nitrogen and oxygen atoms in total. The van der Waals surface area contributed by atoms with Crippen LogP contribution in [0.15, 0.2) is 82.1 Å². The third-order valence-corrected chi connectivity index (χ3v) is 6.83. The number of allylic oxidation sites excluding steroid dienone is 2. The van der Waals surface area contributed by atoms with Crippen molar-refractivity contribution in [2.75, 3.05) is 26.9 Å². The molecule has 5 rings (SSSR count). The minimum Gasteiger partial charge on any atom is -0.496 e. The summed E-state index contributed by atoms with van der Waals surface area (Å²) in [5, 5.41) is 15.7. The number of amides is 1. The Balaban J connectivity index is 1.27. The van der Waals surface area contributed by atoms with Crippen molar-refractivity contribution in [2.24, 2.45) is 9.98 Å². The van der Waals surface area contributed by atoms with E-state index < -0.39 is 0 Å². The van der Waals surface area contributed by atoms with Gasteiger partial charge in [0.15, 0.2) is 0 Å². The number of nitrogens with one attached hydrogen (secondary N) is 2. The maximum atomic E-state index is 13.6. The van der Waals surface area contributed by atoms with Crippen LogP contribution >= 0.6 is 0 Å². The second-order valence-electron chi connectivity index (χ2n) is 9.31. The van der Waals surface area contributed by atoms with Gasteiger partial charge in [0, 0.05) is 29.9 Å². The fourth-order valence-electron chi connectivity index (χ4n) is 4.70. The lowest BCUT2D eigenvalue weighted by Crippen LogP contribution is -2.44. The van der Waals surface area contributed by atoms with Crippen molar-refractivity contribution in [3.63, 3.8) is 0 Å². The van der Waals surface area contributed by atoms with E-state index in [1.54, 1.807) is 36.5 Å². The van der Waals surface area contributed by atoms with Gasteiger partial charge >= 0.3 is 0 Å². The van der Waals surface area contributed by atoms with Crippen LogP contribution in [0.1, 0.15) is 39.1 Å². The summed E-state index contributed by atoms with van der Waals surface area (Å²) >= 11 is 0. The summed E-state index contributed by atoms with van der Waals surface area (Å²) in [5.74, 6) is 0.0885. The van der Waals surface area contributed by atoms with Gasteiger partial charge in [-0.25, -0.2) is 0 Å². The topological polar surface area (TPSA) is 122 Å². The molecule has 0 bridgehead atoms. The lowest BCUT2D eigenvalue weighted by atomic mass is 9.95. The summed E-state index contributed by atoms with van der Waals surface area (Å²) in [6.45, 7) is 1.10. The second-order valence-corrected chi connectivity index (χ2v) is 9.31. The molecule has 0 saturated carbocycles. The van der Waals surface area contributed by atoms with Crippen molar-refractivity contribution in [1.82, 2.24) is 10.6 Å². The number of aliphatic hydroxyl groups is 1. The van der Waals surface area contributed by atoms with E-state index in [0.29, 0.717) is 48.0 Å². The first-order valence-electron chi connectivity index (χ1n) is 12.6. The van der Waals surface area contributed by atoms with E-state index in [4.69, 9.17) is 9.47 Å². The monoisotopic (exact) mass is 514 g/mol. The van der Waals surface area contributed by atoms with Crippen LogP contribution in [0.5, 0.6) is 5.75 Å². The predicted molar refractivity (Wildman–Crippen MR) is 144 cm³/mol. The summed E-state index contributed by atoms with van der Waals surface area (Å²) in [4.78, 5) is 35.1. The van der Waals surface area contributed by atoms with Gasteiger partial charge in [-0.1, -0.05) is 36.4 Å². The van der Waals surface area contributed by atoms with Gasteiger partial charge in [0.1, 0.15) is 11.5 Å². The summed E-state index contributed by atoms with van der Waals surface area (Å²) in [5.41, 5.74) is 4.57. The number of aliphatic hydroxyl groups excluding tert-OH is 1. The number of nitrogens with zero attached hydrogens (tertiary/aromatic N) is 2. The molecule has 2 aromatic rings. The number of hydrogen-bond acceptors (Lipinski definition) is 8. The van der Waals surface area contributed by atoms with Crippen molar-refractivity contribution in [2.45, 2.75) is 31.5 Å². The molecular formula is C29H30N4O5. The van der Waals surface area contributed by atoms with E-state index in [1.807, 2.05) is 24.3 Å². The maximum Gasteiger partial charge on any atom is 0.255 e. The fourth-order valence-corrected chi connectivity index (χ4v) is 4.70. The molecule has 3 heterocycles. The molecule has 1 fully saturated rings. The number of para-hydroxylation sites is 1. The summed E-state index contributed by atoms with van der Waals surface area (Å²) < 4.78 is 11.0. The summed E-state index contributed by atoms with van der Waals surface area (Å²) in [6.07, 6.45) is 5.03. The van der Waals surface area contributed by atoms with Gasteiger partial charge in [0.05, 0.1) is 49.9 Å². The second kappa shape index (κ2) is 11.5. The van der Waals surface area contributed by atoms with E-state index in [9.17, 15) is 14.7 Å². The van der Waals surface area contributed by atoms with Crippen LogP contribution in [0.2, 0.25) is 0 Å². The average Bonchev–Trinajstić information content (AvgIpc) is 3.46. The first-order chi connectivity index (χ1) is 18.6. The van der Waals surface area contributed by atoms with Crippen molar-refractivity contribution in [3.05, 3.63) is 88.8 Å². The molecule has 3 aliphatic rings.